The SMILES string of the molecule is O=S(=O)(Nc1ccc(S(=O)(=O)N2CCCCC2)cc1)c1cc(Br)c(Br)s1. The van der Waals surface area contributed by atoms with E-state index in [0.717, 1.165) is 30.6 Å². The summed E-state index contributed by atoms with van der Waals surface area (Å²) in [4.78, 5) is 0.170. The second-order valence-electron chi connectivity index (χ2n) is 5.78. The van der Waals surface area contributed by atoms with Crippen LogP contribution in [0.4, 0.5) is 5.69 Å². The van der Waals surface area contributed by atoms with E-state index in [0.29, 0.717) is 27.0 Å². The minimum absolute atomic E-state index is 0.154. The van der Waals surface area contributed by atoms with Crippen LogP contribution in [-0.4, -0.2) is 34.2 Å². The molecule has 0 amide bonds. The third-order valence-electron chi connectivity index (χ3n) is 3.95. The normalized spacial score (nSPS) is 16.5. The van der Waals surface area contributed by atoms with Gasteiger partial charge in [-0.1, -0.05) is 6.42 Å². The van der Waals surface area contributed by atoms with Gasteiger partial charge in [-0.05, 0) is 75.0 Å². The van der Waals surface area contributed by atoms with Crippen molar-refractivity contribution in [3.63, 3.8) is 0 Å². The van der Waals surface area contributed by atoms with Crippen molar-refractivity contribution in [3.05, 3.63) is 38.6 Å². The van der Waals surface area contributed by atoms with Crippen molar-refractivity contribution in [2.75, 3.05) is 17.8 Å². The third kappa shape index (κ3) is 4.33. The van der Waals surface area contributed by atoms with Crippen LogP contribution in [0.2, 0.25) is 0 Å². The Kier molecular flexibility index (Phi) is 6.15. The van der Waals surface area contributed by atoms with Crippen molar-refractivity contribution in [1.82, 2.24) is 4.31 Å². The molecule has 3 rings (SSSR count). The van der Waals surface area contributed by atoms with E-state index < -0.39 is 20.0 Å². The molecule has 2 aromatic rings. The monoisotopic (exact) mass is 542 g/mol. The quantitative estimate of drug-likeness (QED) is 0.611. The van der Waals surface area contributed by atoms with Crippen LogP contribution in [0, 0.1) is 0 Å². The first-order valence-electron chi connectivity index (χ1n) is 7.78. The smallest absolute Gasteiger partial charge is 0.271 e. The van der Waals surface area contributed by atoms with Crippen molar-refractivity contribution in [2.24, 2.45) is 0 Å². The fraction of sp³-hybridized carbons (Fsp3) is 0.333. The summed E-state index contributed by atoms with van der Waals surface area (Å²) in [7, 11) is -7.27. The predicted molar refractivity (Wildman–Crippen MR) is 110 cm³/mol. The maximum Gasteiger partial charge on any atom is 0.271 e. The van der Waals surface area contributed by atoms with Gasteiger partial charge in [0.2, 0.25) is 10.0 Å². The maximum atomic E-state index is 12.6. The zero-order chi connectivity index (χ0) is 18.9. The van der Waals surface area contributed by atoms with Gasteiger partial charge in [-0.2, -0.15) is 4.31 Å². The number of hydrogen-bond donors (Lipinski definition) is 1. The van der Waals surface area contributed by atoms with Crippen LogP contribution in [0.25, 0.3) is 0 Å². The lowest BCUT2D eigenvalue weighted by Gasteiger charge is -2.25. The molecule has 1 aliphatic rings. The Morgan fingerprint density at radius 1 is 0.962 bits per heavy atom. The van der Waals surface area contributed by atoms with Crippen LogP contribution < -0.4 is 4.72 Å². The van der Waals surface area contributed by atoms with Gasteiger partial charge in [0.05, 0.1) is 8.68 Å². The summed E-state index contributed by atoms with van der Waals surface area (Å²) in [5.74, 6) is 0. The Labute approximate surface area is 174 Å². The fourth-order valence-corrected chi connectivity index (χ4v) is 8.01. The highest BCUT2D eigenvalue weighted by Gasteiger charge is 2.26. The second-order valence-corrected chi connectivity index (χ2v) is 12.9. The molecule has 1 aliphatic heterocycles. The molecule has 26 heavy (non-hydrogen) atoms. The summed E-state index contributed by atoms with van der Waals surface area (Å²) in [6, 6.07) is 7.30. The fourth-order valence-electron chi connectivity index (χ4n) is 2.61. The molecule has 142 valence electrons. The predicted octanol–water partition coefficient (Wildman–Crippen LogP) is 4.25. The Hall–Kier alpha value is -0.460. The van der Waals surface area contributed by atoms with E-state index in [1.54, 1.807) is 0 Å². The lowest BCUT2D eigenvalue weighted by atomic mass is 10.2. The van der Waals surface area contributed by atoms with E-state index in [1.165, 1.54) is 34.6 Å². The molecule has 1 aromatic carbocycles. The summed E-state index contributed by atoms with van der Waals surface area (Å²) in [6.07, 6.45) is 2.77. The standard InChI is InChI=1S/C15H16Br2N2O4S3/c16-13-10-14(24-15(13)17)25(20,21)18-11-4-6-12(7-5-11)26(22,23)19-8-2-1-3-9-19/h4-7,10,18H,1-3,8-9H2. The molecule has 0 bridgehead atoms. The van der Waals surface area contributed by atoms with Gasteiger partial charge in [0.1, 0.15) is 4.21 Å². The van der Waals surface area contributed by atoms with Crippen molar-refractivity contribution in [3.8, 4) is 0 Å². The summed E-state index contributed by atoms with van der Waals surface area (Å²) in [5.41, 5.74) is 0.309. The number of nitrogens with one attached hydrogen (secondary N) is 1. The number of sulfonamides is 2. The Balaban J connectivity index is 1.79. The summed E-state index contributed by atoms with van der Waals surface area (Å²) >= 11 is 7.62. The van der Waals surface area contributed by atoms with Crippen LogP contribution in [0.1, 0.15) is 19.3 Å². The molecule has 11 heteroatoms. The van der Waals surface area contributed by atoms with Gasteiger partial charge in [-0.15, -0.1) is 11.3 Å². The Morgan fingerprint density at radius 3 is 2.12 bits per heavy atom. The van der Waals surface area contributed by atoms with Crippen molar-refractivity contribution in [2.45, 2.75) is 28.4 Å². The van der Waals surface area contributed by atoms with Gasteiger partial charge in [0, 0.05) is 23.2 Å². The number of hydrogen-bond acceptors (Lipinski definition) is 5. The maximum absolute atomic E-state index is 12.6. The lowest BCUT2D eigenvalue weighted by Crippen LogP contribution is -2.35. The summed E-state index contributed by atoms with van der Waals surface area (Å²) < 4.78 is 55.5. The number of rotatable bonds is 5. The minimum atomic E-state index is -3.74. The van der Waals surface area contributed by atoms with Gasteiger partial charge in [0.25, 0.3) is 10.0 Å². The first-order valence-corrected chi connectivity index (χ1v) is 13.1. The van der Waals surface area contributed by atoms with E-state index in [1.807, 2.05) is 0 Å². The molecule has 0 saturated carbocycles. The molecule has 0 aliphatic carbocycles. The molecule has 6 nitrogen and oxygen atoms in total. The molecule has 1 N–H and O–H groups in total. The Bertz CT molecular complexity index is 977. The zero-order valence-corrected chi connectivity index (χ0v) is 19.1. The van der Waals surface area contributed by atoms with Gasteiger partial charge in [-0.3, -0.25) is 4.72 Å². The first-order chi connectivity index (χ1) is 12.2. The van der Waals surface area contributed by atoms with Crippen LogP contribution in [-0.2, 0) is 20.0 Å². The van der Waals surface area contributed by atoms with E-state index in [-0.39, 0.29) is 9.10 Å². The number of anilines is 1. The van der Waals surface area contributed by atoms with E-state index in [4.69, 9.17) is 0 Å². The average Bonchev–Trinajstić information content (AvgIpc) is 2.96. The molecule has 1 fully saturated rings. The number of nitrogens with zero attached hydrogens (tertiary/aromatic N) is 1. The van der Waals surface area contributed by atoms with Crippen molar-refractivity contribution >= 4 is 68.9 Å². The van der Waals surface area contributed by atoms with Gasteiger partial charge in [-0.25, -0.2) is 16.8 Å². The molecule has 2 heterocycles. The van der Waals surface area contributed by atoms with Crippen LogP contribution in [0.3, 0.4) is 0 Å². The van der Waals surface area contributed by atoms with Gasteiger partial charge < -0.3 is 0 Å². The van der Waals surface area contributed by atoms with E-state index in [2.05, 4.69) is 36.6 Å². The van der Waals surface area contributed by atoms with Crippen LogP contribution in [0.15, 0.2) is 47.7 Å². The number of halogens is 2. The van der Waals surface area contributed by atoms with Crippen molar-refractivity contribution < 1.29 is 16.8 Å². The molecule has 1 aromatic heterocycles. The lowest BCUT2D eigenvalue weighted by molar-refractivity contribution is 0.346. The average molecular weight is 544 g/mol. The highest BCUT2D eigenvalue weighted by Crippen LogP contribution is 2.35. The topological polar surface area (TPSA) is 83.5 Å². The van der Waals surface area contributed by atoms with E-state index in [9.17, 15) is 16.8 Å². The minimum Gasteiger partial charge on any atom is -0.279 e. The Morgan fingerprint density at radius 2 is 1.58 bits per heavy atom. The number of thiophene rings is 1. The molecule has 0 unspecified atom stereocenters. The molecule has 1 saturated heterocycles. The van der Waals surface area contributed by atoms with E-state index >= 15 is 0 Å². The number of benzene rings is 1. The third-order valence-corrected chi connectivity index (χ3v) is 11.0. The van der Waals surface area contributed by atoms with Crippen LogP contribution >= 0.6 is 43.2 Å². The summed E-state index contributed by atoms with van der Waals surface area (Å²) in [6.45, 7) is 1.05. The molecule has 0 radical (unpaired) electrons. The number of piperidine rings is 1. The summed E-state index contributed by atoms with van der Waals surface area (Å²) in [5, 5.41) is 0. The highest BCUT2D eigenvalue weighted by atomic mass is 79.9. The zero-order valence-electron chi connectivity index (χ0n) is 13.5. The largest absolute Gasteiger partial charge is 0.279 e. The molecule has 0 spiro atoms. The van der Waals surface area contributed by atoms with Crippen LogP contribution in [0.5, 0.6) is 0 Å². The highest BCUT2D eigenvalue weighted by molar-refractivity contribution is 9.13. The van der Waals surface area contributed by atoms with Crippen molar-refractivity contribution in [1.29, 1.82) is 0 Å². The molecule has 0 atom stereocenters. The molecular formula is C15H16Br2N2O4S3. The second kappa shape index (κ2) is 7.88. The molecular weight excluding hydrogens is 528 g/mol. The first kappa shape index (κ1) is 20.3. The van der Waals surface area contributed by atoms with Gasteiger partial charge >= 0.3 is 0 Å². The van der Waals surface area contributed by atoms with Gasteiger partial charge in [0.15, 0.2) is 0 Å².